The highest BCUT2D eigenvalue weighted by molar-refractivity contribution is 6.29. The van der Waals surface area contributed by atoms with Gasteiger partial charge in [0.1, 0.15) is 0 Å². The van der Waals surface area contributed by atoms with Crippen molar-refractivity contribution in [2.75, 3.05) is 12.3 Å². The third kappa shape index (κ3) is 3.43. The molecule has 4 N–H and O–H groups in total. The Balaban J connectivity index is 1.99. The lowest BCUT2D eigenvalue weighted by atomic mass is 9.86. The summed E-state index contributed by atoms with van der Waals surface area (Å²) in [6.07, 6.45) is 1.52. The van der Waals surface area contributed by atoms with Gasteiger partial charge in [0.15, 0.2) is 0 Å². The van der Waals surface area contributed by atoms with Crippen LogP contribution in [0.4, 0.5) is 5.69 Å². The highest BCUT2D eigenvalue weighted by Crippen LogP contribution is 2.17. The summed E-state index contributed by atoms with van der Waals surface area (Å²) in [5, 5.41) is 11.6. The van der Waals surface area contributed by atoms with Crippen LogP contribution in [0.2, 0.25) is 0 Å². The molecule has 1 atom stereocenters. The van der Waals surface area contributed by atoms with Gasteiger partial charge < -0.3 is 21.0 Å². The average Bonchev–Trinajstić information content (AvgIpc) is 2.95. The monoisotopic (exact) mass is 286 g/mol. The molecule has 1 fully saturated rings. The van der Waals surface area contributed by atoms with E-state index in [1.165, 1.54) is 4.90 Å². The van der Waals surface area contributed by atoms with Crippen LogP contribution in [0, 0.1) is 0 Å². The molecule has 2 rings (SSSR count). The van der Waals surface area contributed by atoms with Crippen molar-refractivity contribution in [2.45, 2.75) is 18.8 Å². The number of anilines is 1. The molecule has 1 aromatic rings. The molecule has 2 amide bonds. The Hall–Kier alpha value is -2.28. The number of likely N-dealkylation sites (tertiary alicyclic amines) is 1. The SMILES string of the molecule is C=C(NC(=O)c1ccc(N)cc1)C(=O)N1CCC[C@H]1[B]O. The lowest BCUT2D eigenvalue weighted by molar-refractivity contribution is -0.127. The maximum atomic E-state index is 12.2. The van der Waals surface area contributed by atoms with Crippen LogP contribution in [-0.4, -0.2) is 41.7 Å². The summed E-state index contributed by atoms with van der Waals surface area (Å²) >= 11 is 0. The van der Waals surface area contributed by atoms with Gasteiger partial charge in [0, 0.05) is 23.7 Å². The van der Waals surface area contributed by atoms with Crippen LogP contribution in [0.1, 0.15) is 23.2 Å². The molecular weight excluding hydrogens is 269 g/mol. The lowest BCUT2D eigenvalue weighted by Crippen LogP contribution is -2.43. The fourth-order valence-corrected chi connectivity index (χ4v) is 2.27. The first-order chi connectivity index (χ1) is 10.0. The van der Waals surface area contributed by atoms with Crippen LogP contribution < -0.4 is 11.1 Å². The van der Waals surface area contributed by atoms with Crippen molar-refractivity contribution in [3.05, 3.63) is 42.1 Å². The number of nitrogens with two attached hydrogens (primary N) is 1. The molecule has 7 heteroatoms. The second kappa shape index (κ2) is 6.45. The van der Waals surface area contributed by atoms with Crippen LogP contribution in [-0.2, 0) is 4.79 Å². The molecule has 109 valence electrons. The number of hydrogen-bond acceptors (Lipinski definition) is 4. The standard InChI is InChI=1S/C14H17BN3O3/c1-9(14(20)18-8-2-3-12(18)15-21)17-13(19)10-4-6-11(16)7-5-10/h4-7,12,21H,1-3,8,16H2,(H,17,19)/t12-/m0/s1. The zero-order valence-corrected chi connectivity index (χ0v) is 11.6. The van der Waals surface area contributed by atoms with E-state index >= 15 is 0 Å². The Morgan fingerprint density at radius 1 is 1.38 bits per heavy atom. The third-order valence-corrected chi connectivity index (χ3v) is 3.43. The van der Waals surface area contributed by atoms with Gasteiger partial charge in [-0.25, -0.2) is 0 Å². The molecule has 1 heterocycles. The number of nitrogens with zero attached hydrogens (tertiary/aromatic N) is 1. The molecule has 0 aromatic heterocycles. The Kier molecular flexibility index (Phi) is 4.64. The number of benzene rings is 1. The molecule has 1 radical (unpaired) electrons. The first kappa shape index (κ1) is 15.1. The van der Waals surface area contributed by atoms with E-state index in [1.54, 1.807) is 24.3 Å². The van der Waals surface area contributed by atoms with Gasteiger partial charge >= 0.3 is 7.48 Å². The number of nitrogen functional groups attached to an aromatic ring is 1. The Morgan fingerprint density at radius 3 is 2.67 bits per heavy atom. The quantitative estimate of drug-likeness (QED) is 0.415. The van der Waals surface area contributed by atoms with E-state index in [0.717, 1.165) is 13.9 Å². The van der Waals surface area contributed by atoms with Gasteiger partial charge in [-0.2, -0.15) is 0 Å². The van der Waals surface area contributed by atoms with Crippen molar-refractivity contribution < 1.29 is 14.6 Å². The maximum Gasteiger partial charge on any atom is 0.312 e. The average molecular weight is 286 g/mol. The summed E-state index contributed by atoms with van der Waals surface area (Å²) in [6.45, 7) is 4.15. The summed E-state index contributed by atoms with van der Waals surface area (Å²) in [6, 6.07) is 6.36. The number of amides is 2. The summed E-state index contributed by atoms with van der Waals surface area (Å²) in [7, 11) is 1.000. The fourth-order valence-electron chi connectivity index (χ4n) is 2.27. The highest BCUT2D eigenvalue weighted by atomic mass is 16.2. The van der Waals surface area contributed by atoms with Gasteiger partial charge in [0.05, 0.1) is 5.70 Å². The molecular formula is C14H17BN3O3. The zero-order chi connectivity index (χ0) is 15.4. The molecule has 1 aliphatic rings. The summed E-state index contributed by atoms with van der Waals surface area (Å²) in [4.78, 5) is 25.7. The highest BCUT2D eigenvalue weighted by Gasteiger charge is 2.30. The van der Waals surface area contributed by atoms with Crippen molar-refractivity contribution in [3.63, 3.8) is 0 Å². The van der Waals surface area contributed by atoms with Crippen LogP contribution >= 0.6 is 0 Å². The molecule has 6 nitrogen and oxygen atoms in total. The molecule has 0 unspecified atom stereocenters. The zero-order valence-electron chi connectivity index (χ0n) is 11.6. The van der Waals surface area contributed by atoms with E-state index in [-0.39, 0.29) is 17.5 Å². The minimum absolute atomic E-state index is 0.00873. The molecule has 0 saturated carbocycles. The largest absolute Gasteiger partial charge is 0.452 e. The Bertz CT molecular complexity index is 559. The van der Waals surface area contributed by atoms with Gasteiger partial charge in [-0.1, -0.05) is 6.58 Å². The minimum Gasteiger partial charge on any atom is -0.452 e. The maximum absolute atomic E-state index is 12.2. The summed E-state index contributed by atoms with van der Waals surface area (Å²) < 4.78 is 0. The van der Waals surface area contributed by atoms with E-state index in [9.17, 15) is 9.59 Å². The van der Waals surface area contributed by atoms with Crippen LogP contribution in [0.5, 0.6) is 0 Å². The van der Waals surface area contributed by atoms with Crippen molar-refractivity contribution in [1.29, 1.82) is 0 Å². The second-order valence-corrected chi connectivity index (χ2v) is 4.91. The number of hydrogen-bond donors (Lipinski definition) is 3. The van der Waals surface area contributed by atoms with E-state index < -0.39 is 5.91 Å². The van der Waals surface area contributed by atoms with E-state index in [0.29, 0.717) is 24.2 Å². The molecule has 21 heavy (non-hydrogen) atoms. The number of carbonyl (C=O) groups excluding carboxylic acids is 2. The minimum atomic E-state index is -0.419. The van der Waals surface area contributed by atoms with Crippen LogP contribution in [0.25, 0.3) is 0 Å². The van der Waals surface area contributed by atoms with E-state index in [1.807, 2.05) is 0 Å². The molecule has 1 saturated heterocycles. The normalized spacial score (nSPS) is 17.4. The number of rotatable bonds is 4. The van der Waals surface area contributed by atoms with Crippen molar-refractivity contribution in [1.82, 2.24) is 10.2 Å². The molecule has 1 aromatic carbocycles. The predicted molar refractivity (Wildman–Crippen MR) is 80.2 cm³/mol. The Morgan fingerprint density at radius 2 is 2.05 bits per heavy atom. The number of nitrogens with one attached hydrogen (secondary N) is 1. The third-order valence-electron chi connectivity index (χ3n) is 3.43. The molecule has 0 spiro atoms. The van der Waals surface area contributed by atoms with Gasteiger partial charge in [0.25, 0.3) is 11.8 Å². The summed E-state index contributed by atoms with van der Waals surface area (Å²) in [5.41, 5.74) is 6.49. The van der Waals surface area contributed by atoms with Crippen LogP contribution in [0.15, 0.2) is 36.5 Å². The van der Waals surface area contributed by atoms with Crippen molar-refractivity contribution >= 4 is 25.0 Å². The molecule has 1 aliphatic heterocycles. The molecule has 0 bridgehead atoms. The second-order valence-electron chi connectivity index (χ2n) is 4.91. The smallest absolute Gasteiger partial charge is 0.312 e. The van der Waals surface area contributed by atoms with E-state index in [4.69, 9.17) is 10.8 Å². The van der Waals surface area contributed by atoms with Crippen molar-refractivity contribution in [3.8, 4) is 0 Å². The first-order valence-electron chi connectivity index (χ1n) is 6.67. The van der Waals surface area contributed by atoms with Gasteiger partial charge in [-0.15, -0.1) is 0 Å². The topological polar surface area (TPSA) is 95.7 Å². The Labute approximate surface area is 123 Å². The lowest BCUT2D eigenvalue weighted by Gasteiger charge is -2.23. The van der Waals surface area contributed by atoms with Gasteiger partial charge in [0.2, 0.25) is 0 Å². The van der Waals surface area contributed by atoms with E-state index in [2.05, 4.69) is 11.9 Å². The first-order valence-corrected chi connectivity index (χ1v) is 6.67. The summed E-state index contributed by atoms with van der Waals surface area (Å²) in [5.74, 6) is -1.12. The van der Waals surface area contributed by atoms with Gasteiger partial charge in [-0.3, -0.25) is 9.59 Å². The predicted octanol–water partition coefficient (Wildman–Crippen LogP) is 0.0723. The fraction of sp³-hybridized carbons (Fsp3) is 0.286. The van der Waals surface area contributed by atoms with Crippen molar-refractivity contribution in [2.24, 2.45) is 0 Å². The molecule has 0 aliphatic carbocycles. The number of carbonyl (C=O) groups is 2. The van der Waals surface area contributed by atoms with Crippen LogP contribution in [0.3, 0.4) is 0 Å². The van der Waals surface area contributed by atoms with Gasteiger partial charge in [-0.05, 0) is 37.1 Å².